The molecule has 0 aliphatic carbocycles. The van der Waals surface area contributed by atoms with Gasteiger partial charge in [0.15, 0.2) is 0 Å². The van der Waals surface area contributed by atoms with Crippen LogP contribution in [0.15, 0.2) is 43.0 Å². The predicted molar refractivity (Wildman–Crippen MR) is 68.2 cm³/mol. The third-order valence-electron chi connectivity index (χ3n) is 2.65. The zero-order valence-electron chi connectivity index (χ0n) is 10.1. The van der Waals surface area contributed by atoms with Crippen LogP contribution in [-0.2, 0) is 13.0 Å². The van der Waals surface area contributed by atoms with E-state index >= 15 is 0 Å². The highest BCUT2D eigenvalue weighted by molar-refractivity contribution is 5.29. The highest BCUT2D eigenvalue weighted by Gasteiger charge is 2.01. The molecule has 1 N–H and O–H groups in total. The van der Waals surface area contributed by atoms with Crippen LogP contribution in [0.3, 0.4) is 0 Å². The molecular weight excluding hydrogens is 228 g/mol. The average Bonchev–Trinajstić information content (AvgIpc) is 2.45. The van der Waals surface area contributed by atoms with Crippen molar-refractivity contribution in [2.45, 2.75) is 19.4 Å². The monoisotopic (exact) mass is 244 g/mol. The molecule has 0 aromatic carbocycles. The van der Waals surface area contributed by atoms with Crippen LogP contribution in [-0.4, -0.2) is 21.7 Å². The van der Waals surface area contributed by atoms with E-state index in [9.17, 15) is 0 Å². The van der Waals surface area contributed by atoms with E-state index in [1.165, 1.54) is 5.56 Å². The molecule has 2 aromatic heterocycles. The quantitative estimate of drug-likeness (QED) is 0.789. The molecule has 0 radical (unpaired) electrons. The Morgan fingerprint density at radius 3 is 2.61 bits per heavy atom. The number of hydrogen-bond donors (Lipinski definition) is 1. The summed E-state index contributed by atoms with van der Waals surface area (Å²) in [5.74, 6) is 0.710. The van der Waals surface area contributed by atoms with Crippen LogP contribution in [0.4, 0.5) is 0 Å². The maximum Gasteiger partial charge on any atom is 0.127 e. The fourth-order valence-corrected chi connectivity index (χ4v) is 1.68. The normalized spacial score (nSPS) is 10.3. The van der Waals surface area contributed by atoms with Crippen molar-refractivity contribution in [3.8, 4) is 5.75 Å². The second-order valence-electron chi connectivity index (χ2n) is 3.95. The van der Waals surface area contributed by atoms with Crippen molar-refractivity contribution in [1.29, 1.82) is 0 Å². The lowest BCUT2D eigenvalue weighted by molar-refractivity contribution is 0.260. The number of rotatable bonds is 6. The lowest BCUT2D eigenvalue weighted by atomic mass is 10.1. The third kappa shape index (κ3) is 3.53. The summed E-state index contributed by atoms with van der Waals surface area (Å²) in [7, 11) is 0. The van der Waals surface area contributed by atoms with Gasteiger partial charge in [-0.1, -0.05) is 0 Å². The fourth-order valence-electron chi connectivity index (χ4n) is 1.68. The lowest BCUT2D eigenvalue weighted by Gasteiger charge is -2.09. The molecule has 4 nitrogen and oxygen atoms in total. The molecule has 18 heavy (non-hydrogen) atoms. The summed E-state index contributed by atoms with van der Waals surface area (Å²) < 4.78 is 5.63. The van der Waals surface area contributed by atoms with Crippen LogP contribution in [0.1, 0.15) is 17.5 Å². The van der Waals surface area contributed by atoms with Crippen LogP contribution in [0.25, 0.3) is 0 Å². The lowest BCUT2D eigenvalue weighted by Crippen LogP contribution is -2.02. The van der Waals surface area contributed by atoms with Gasteiger partial charge in [-0.2, -0.15) is 0 Å². The maximum atomic E-state index is 9.13. The molecule has 0 saturated heterocycles. The second kappa shape index (κ2) is 6.71. The van der Waals surface area contributed by atoms with Crippen LogP contribution >= 0.6 is 0 Å². The Balaban J connectivity index is 1.78. The molecule has 0 bridgehead atoms. The molecule has 2 heterocycles. The van der Waals surface area contributed by atoms with Crippen molar-refractivity contribution >= 4 is 0 Å². The summed E-state index contributed by atoms with van der Waals surface area (Å²) in [5, 5.41) is 9.13. The number of pyridine rings is 2. The van der Waals surface area contributed by atoms with E-state index in [1.54, 1.807) is 30.9 Å². The molecule has 4 heteroatoms. The first kappa shape index (κ1) is 12.5. The molecular formula is C14H16N2O2. The Hall–Kier alpha value is -1.94. The van der Waals surface area contributed by atoms with Gasteiger partial charge in [0.25, 0.3) is 0 Å². The first-order valence-electron chi connectivity index (χ1n) is 5.95. The van der Waals surface area contributed by atoms with Gasteiger partial charge in [-0.25, -0.2) is 0 Å². The Morgan fingerprint density at radius 1 is 1.06 bits per heavy atom. The van der Waals surface area contributed by atoms with Crippen LogP contribution in [0, 0.1) is 0 Å². The third-order valence-corrected chi connectivity index (χ3v) is 2.65. The van der Waals surface area contributed by atoms with Crippen LogP contribution < -0.4 is 4.74 Å². The number of nitrogens with zero attached hydrogens (tertiary/aromatic N) is 2. The minimum atomic E-state index is -0.0481. The number of aryl methyl sites for hydroxylation is 1. The molecule has 0 spiro atoms. The Bertz CT molecular complexity index is 474. The molecule has 0 amide bonds. The molecule has 0 aliphatic rings. The van der Waals surface area contributed by atoms with Gasteiger partial charge in [-0.05, 0) is 36.6 Å². The van der Waals surface area contributed by atoms with E-state index in [4.69, 9.17) is 9.84 Å². The largest absolute Gasteiger partial charge is 0.493 e. The Labute approximate surface area is 106 Å². The number of aromatic nitrogens is 2. The van der Waals surface area contributed by atoms with Gasteiger partial charge >= 0.3 is 0 Å². The number of hydrogen-bond acceptors (Lipinski definition) is 4. The van der Waals surface area contributed by atoms with E-state index in [-0.39, 0.29) is 6.61 Å². The predicted octanol–water partition coefficient (Wildman–Crippen LogP) is 1.98. The van der Waals surface area contributed by atoms with E-state index in [1.807, 2.05) is 12.1 Å². The van der Waals surface area contributed by atoms with E-state index in [2.05, 4.69) is 9.97 Å². The van der Waals surface area contributed by atoms with Crippen molar-refractivity contribution in [3.63, 3.8) is 0 Å². The Kier molecular flexibility index (Phi) is 4.67. The number of aliphatic hydroxyl groups excluding tert-OH is 1. The number of ether oxygens (including phenoxy) is 1. The van der Waals surface area contributed by atoms with E-state index < -0.39 is 0 Å². The van der Waals surface area contributed by atoms with E-state index in [0.717, 1.165) is 18.4 Å². The van der Waals surface area contributed by atoms with E-state index in [0.29, 0.717) is 12.4 Å². The smallest absolute Gasteiger partial charge is 0.127 e. The first-order chi connectivity index (χ1) is 8.90. The molecule has 0 aliphatic heterocycles. The van der Waals surface area contributed by atoms with Gasteiger partial charge in [-0.3, -0.25) is 9.97 Å². The maximum absolute atomic E-state index is 9.13. The average molecular weight is 244 g/mol. The van der Waals surface area contributed by atoms with Crippen molar-refractivity contribution in [3.05, 3.63) is 54.1 Å². The highest BCUT2D eigenvalue weighted by Crippen LogP contribution is 2.16. The van der Waals surface area contributed by atoms with Gasteiger partial charge in [0.2, 0.25) is 0 Å². The second-order valence-corrected chi connectivity index (χ2v) is 3.95. The first-order valence-corrected chi connectivity index (χ1v) is 5.95. The molecule has 2 aromatic rings. The SMILES string of the molecule is OCc1cnccc1OCCCc1ccncc1. The number of aliphatic hydroxyl groups is 1. The van der Waals surface area contributed by atoms with Crippen molar-refractivity contribution in [1.82, 2.24) is 9.97 Å². The summed E-state index contributed by atoms with van der Waals surface area (Å²) in [5.41, 5.74) is 1.98. The summed E-state index contributed by atoms with van der Waals surface area (Å²) in [6.07, 6.45) is 8.76. The zero-order valence-corrected chi connectivity index (χ0v) is 10.1. The molecule has 0 atom stereocenters. The van der Waals surface area contributed by atoms with Gasteiger partial charge in [0, 0.05) is 30.4 Å². The van der Waals surface area contributed by atoms with Gasteiger partial charge in [0.05, 0.1) is 13.2 Å². The van der Waals surface area contributed by atoms with Crippen molar-refractivity contribution in [2.24, 2.45) is 0 Å². The topological polar surface area (TPSA) is 55.2 Å². The molecule has 2 rings (SSSR count). The summed E-state index contributed by atoms with van der Waals surface area (Å²) in [6, 6.07) is 5.79. The minimum absolute atomic E-state index is 0.0481. The van der Waals surface area contributed by atoms with Gasteiger partial charge in [-0.15, -0.1) is 0 Å². The molecule has 0 fully saturated rings. The minimum Gasteiger partial charge on any atom is -0.493 e. The van der Waals surface area contributed by atoms with Crippen LogP contribution in [0.5, 0.6) is 5.75 Å². The summed E-state index contributed by atoms with van der Waals surface area (Å²) in [4.78, 5) is 7.92. The molecule has 94 valence electrons. The summed E-state index contributed by atoms with van der Waals surface area (Å²) in [6.45, 7) is 0.576. The van der Waals surface area contributed by atoms with Crippen LogP contribution in [0.2, 0.25) is 0 Å². The van der Waals surface area contributed by atoms with Crippen molar-refractivity contribution in [2.75, 3.05) is 6.61 Å². The van der Waals surface area contributed by atoms with Crippen molar-refractivity contribution < 1.29 is 9.84 Å². The molecule has 0 unspecified atom stereocenters. The van der Waals surface area contributed by atoms with Gasteiger partial charge in [0.1, 0.15) is 5.75 Å². The molecule has 0 saturated carbocycles. The zero-order chi connectivity index (χ0) is 12.6. The fraction of sp³-hybridized carbons (Fsp3) is 0.286. The standard InChI is InChI=1S/C14H16N2O2/c17-11-13-10-16-8-5-14(13)18-9-1-2-12-3-6-15-7-4-12/h3-8,10,17H,1-2,9,11H2. The van der Waals surface area contributed by atoms with Gasteiger partial charge < -0.3 is 9.84 Å². The highest BCUT2D eigenvalue weighted by atomic mass is 16.5. The Morgan fingerprint density at radius 2 is 1.83 bits per heavy atom. The summed E-state index contributed by atoms with van der Waals surface area (Å²) >= 11 is 0.